The number of thiophene rings is 1. The quantitative estimate of drug-likeness (QED) is 0.656. The van der Waals surface area contributed by atoms with Crippen LogP contribution < -0.4 is 11.1 Å². The van der Waals surface area contributed by atoms with E-state index in [0.29, 0.717) is 17.0 Å². The summed E-state index contributed by atoms with van der Waals surface area (Å²) in [5.41, 5.74) is 9.22. The molecule has 7 heteroatoms. The Hall–Kier alpha value is -2.93. The first-order valence-corrected chi connectivity index (χ1v) is 11.0. The number of primary amides is 1. The molecule has 1 saturated carbocycles. The SMILES string of the molecule is NC(=O)c1c(NC(=O)[C@H]2[C@@H](C(=O)O)[C@H]3C=C[C@H]2CC3)sc2c1CCc1ccccc1-2. The van der Waals surface area contributed by atoms with E-state index in [9.17, 15) is 19.5 Å². The van der Waals surface area contributed by atoms with Crippen LogP contribution in [0.2, 0.25) is 0 Å². The number of nitrogens with one attached hydrogen (secondary N) is 1. The molecule has 30 heavy (non-hydrogen) atoms. The Morgan fingerprint density at radius 2 is 1.73 bits per heavy atom. The van der Waals surface area contributed by atoms with E-state index in [0.717, 1.165) is 35.3 Å². The summed E-state index contributed by atoms with van der Waals surface area (Å²) in [6, 6.07) is 8.04. The number of carboxylic acid groups (broad SMARTS) is 1. The summed E-state index contributed by atoms with van der Waals surface area (Å²) in [5.74, 6) is -3.44. The lowest BCUT2D eigenvalue weighted by molar-refractivity contribution is -0.151. The van der Waals surface area contributed by atoms with Crippen LogP contribution in [0.5, 0.6) is 0 Å². The van der Waals surface area contributed by atoms with Crippen LogP contribution in [0.25, 0.3) is 10.4 Å². The average molecular weight is 423 g/mol. The Labute approximate surface area is 177 Å². The maximum Gasteiger partial charge on any atom is 0.307 e. The molecule has 4 N–H and O–H groups in total. The van der Waals surface area contributed by atoms with Crippen LogP contribution in [-0.2, 0) is 22.4 Å². The molecule has 0 radical (unpaired) electrons. The molecule has 6 nitrogen and oxygen atoms in total. The van der Waals surface area contributed by atoms with Crippen LogP contribution in [-0.4, -0.2) is 22.9 Å². The lowest BCUT2D eigenvalue weighted by Gasteiger charge is -2.41. The largest absolute Gasteiger partial charge is 0.481 e. The van der Waals surface area contributed by atoms with Crippen molar-refractivity contribution < 1.29 is 19.5 Å². The molecule has 2 amide bonds. The number of nitrogens with two attached hydrogens (primary N) is 1. The molecule has 4 aliphatic carbocycles. The van der Waals surface area contributed by atoms with Crippen molar-refractivity contribution in [3.05, 3.63) is 53.1 Å². The Balaban J connectivity index is 1.52. The summed E-state index contributed by atoms with van der Waals surface area (Å²) >= 11 is 1.36. The number of aliphatic carboxylic acids is 1. The molecule has 4 atom stereocenters. The molecule has 0 unspecified atom stereocenters. The number of rotatable bonds is 4. The van der Waals surface area contributed by atoms with Crippen LogP contribution in [0.4, 0.5) is 5.00 Å². The first-order valence-electron chi connectivity index (χ1n) is 10.2. The van der Waals surface area contributed by atoms with Gasteiger partial charge in [0.15, 0.2) is 0 Å². The van der Waals surface area contributed by atoms with E-state index in [4.69, 9.17) is 5.73 Å². The van der Waals surface area contributed by atoms with Crippen LogP contribution >= 0.6 is 11.3 Å². The second kappa shape index (κ2) is 7.09. The van der Waals surface area contributed by atoms with E-state index in [2.05, 4.69) is 11.4 Å². The molecule has 0 aliphatic heterocycles. The molecule has 2 bridgehead atoms. The van der Waals surface area contributed by atoms with Gasteiger partial charge in [-0.15, -0.1) is 11.3 Å². The van der Waals surface area contributed by atoms with Crippen molar-refractivity contribution >= 4 is 34.1 Å². The van der Waals surface area contributed by atoms with Crippen LogP contribution in [0.15, 0.2) is 36.4 Å². The summed E-state index contributed by atoms with van der Waals surface area (Å²) in [6.07, 6.45) is 7.00. The van der Waals surface area contributed by atoms with Crippen molar-refractivity contribution in [1.82, 2.24) is 0 Å². The highest BCUT2D eigenvalue weighted by atomic mass is 32.1. The smallest absolute Gasteiger partial charge is 0.307 e. The number of aryl methyl sites for hydroxylation is 1. The number of carboxylic acids is 1. The van der Waals surface area contributed by atoms with Crippen molar-refractivity contribution in [1.29, 1.82) is 0 Å². The maximum atomic E-state index is 13.3. The Kier molecular flexibility index (Phi) is 4.50. The number of carbonyl (C=O) groups excluding carboxylic acids is 2. The van der Waals surface area contributed by atoms with Gasteiger partial charge in [0, 0.05) is 4.88 Å². The summed E-state index contributed by atoms with van der Waals surface area (Å²) in [6.45, 7) is 0. The highest BCUT2D eigenvalue weighted by Gasteiger charge is 2.48. The van der Waals surface area contributed by atoms with Crippen molar-refractivity contribution in [3.63, 3.8) is 0 Å². The lowest BCUT2D eigenvalue weighted by atomic mass is 9.62. The summed E-state index contributed by atoms with van der Waals surface area (Å²) in [7, 11) is 0. The minimum atomic E-state index is -0.941. The summed E-state index contributed by atoms with van der Waals surface area (Å²) < 4.78 is 0. The van der Waals surface area contributed by atoms with Gasteiger partial charge in [-0.1, -0.05) is 36.4 Å². The van der Waals surface area contributed by atoms with Gasteiger partial charge in [0.25, 0.3) is 5.91 Å². The van der Waals surface area contributed by atoms with Crippen LogP contribution in [0, 0.1) is 23.7 Å². The minimum absolute atomic E-state index is 0.0940. The molecule has 154 valence electrons. The number of benzene rings is 1. The first kappa shape index (κ1) is 19.1. The van der Waals surface area contributed by atoms with E-state index in [-0.39, 0.29) is 17.7 Å². The Morgan fingerprint density at radius 1 is 1.03 bits per heavy atom. The molecule has 2 aromatic rings. The molecule has 1 fully saturated rings. The zero-order valence-electron chi connectivity index (χ0n) is 16.3. The topological polar surface area (TPSA) is 109 Å². The second-order valence-corrected chi connectivity index (χ2v) is 9.32. The van der Waals surface area contributed by atoms with Crippen molar-refractivity contribution in [2.75, 3.05) is 5.32 Å². The first-order chi connectivity index (χ1) is 14.5. The number of carbonyl (C=O) groups is 3. The fraction of sp³-hybridized carbons (Fsp3) is 0.348. The highest BCUT2D eigenvalue weighted by Crippen LogP contribution is 2.48. The maximum absolute atomic E-state index is 13.3. The fourth-order valence-electron chi connectivity index (χ4n) is 5.37. The van der Waals surface area contributed by atoms with Gasteiger partial charge >= 0.3 is 5.97 Å². The lowest BCUT2D eigenvalue weighted by Crippen LogP contribution is -2.47. The molecular weight excluding hydrogens is 400 g/mol. The van der Waals surface area contributed by atoms with Gasteiger partial charge in [0.2, 0.25) is 5.91 Å². The fourth-order valence-corrected chi connectivity index (χ4v) is 6.69. The highest BCUT2D eigenvalue weighted by molar-refractivity contribution is 7.20. The predicted molar refractivity (Wildman–Crippen MR) is 114 cm³/mol. The number of hydrogen-bond acceptors (Lipinski definition) is 4. The molecule has 0 saturated heterocycles. The third-order valence-corrected chi connectivity index (χ3v) is 7.91. The molecule has 1 aromatic carbocycles. The van der Waals surface area contributed by atoms with Crippen molar-refractivity contribution in [2.24, 2.45) is 29.4 Å². The normalized spacial score (nSPS) is 26.0. The zero-order valence-corrected chi connectivity index (χ0v) is 17.1. The molecular formula is C23H22N2O4S. The third kappa shape index (κ3) is 2.88. The number of allylic oxidation sites excluding steroid dienone is 2. The Bertz CT molecular complexity index is 1100. The molecule has 4 aliphatic rings. The van der Waals surface area contributed by atoms with E-state index < -0.39 is 23.7 Å². The monoisotopic (exact) mass is 422 g/mol. The van der Waals surface area contributed by atoms with Gasteiger partial charge in [-0.05, 0) is 54.2 Å². The minimum Gasteiger partial charge on any atom is -0.481 e. The second-order valence-electron chi connectivity index (χ2n) is 8.30. The van der Waals surface area contributed by atoms with Gasteiger partial charge in [0.05, 0.1) is 17.4 Å². The zero-order chi connectivity index (χ0) is 21.0. The number of amides is 2. The van der Waals surface area contributed by atoms with Crippen LogP contribution in [0.1, 0.15) is 34.3 Å². The van der Waals surface area contributed by atoms with Gasteiger partial charge in [-0.25, -0.2) is 0 Å². The van der Waals surface area contributed by atoms with Gasteiger partial charge < -0.3 is 16.2 Å². The van der Waals surface area contributed by atoms with Gasteiger partial charge in [-0.2, -0.15) is 0 Å². The van der Waals surface area contributed by atoms with E-state index >= 15 is 0 Å². The van der Waals surface area contributed by atoms with Crippen molar-refractivity contribution in [2.45, 2.75) is 25.7 Å². The molecule has 0 spiro atoms. The third-order valence-electron chi connectivity index (χ3n) is 6.73. The standard InChI is InChI=1S/C23H22N2O4S/c24-20(26)18-15-10-9-11-3-1-2-4-14(11)19(15)30-22(18)25-21(27)16-12-5-7-13(8-6-12)17(16)23(28)29/h1-5,7,12-13,16-17H,6,8-10H2,(H2,24,26)(H,25,27)(H,28,29)/t12-,13-,16+,17-/m0/s1. The summed E-state index contributed by atoms with van der Waals surface area (Å²) in [5, 5.41) is 13.1. The average Bonchev–Trinajstić information content (AvgIpc) is 3.12. The number of anilines is 1. The van der Waals surface area contributed by atoms with E-state index in [1.165, 1.54) is 16.9 Å². The molecule has 1 aromatic heterocycles. The van der Waals surface area contributed by atoms with Crippen LogP contribution in [0.3, 0.4) is 0 Å². The number of hydrogen-bond donors (Lipinski definition) is 3. The summed E-state index contributed by atoms with van der Waals surface area (Å²) in [4.78, 5) is 38.4. The van der Waals surface area contributed by atoms with Crippen molar-refractivity contribution in [3.8, 4) is 10.4 Å². The predicted octanol–water partition coefficient (Wildman–Crippen LogP) is 3.46. The van der Waals surface area contributed by atoms with E-state index in [1.807, 2.05) is 30.4 Å². The molecule has 1 heterocycles. The van der Waals surface area contributed by atoms with Gasteiger partial charge in [0.1, 0.15) is 5.00 Å². The van der Waals surface area contributed by atoms with Gasteiger partial charge in [-0.3, -0.25) is 14.4 Å². The Morgan fingerprint density at radius 3 is 2.40 bits per heavy atom. The molecule has 6 rings (SSSR count). The van der Waals surface area contributed by atoms with E-state index in [1.54, 1.807) is 0 Å². The number of fused-ring (bicyclic) bond motifs is 5.